The molecule has 250 valence electrons. The molecule has 47 heavy (non-hydrogen) atoms. The Bertz CT molecular complexity index is 1900. The van der Waals surface area contributed by atoms with Crippen LogP contribution in [0.15, 0.2) is 82.6 Å². The summed E-state index contributed by atoms with van der Waals surface area (Å²) < 4.78 is 71.0. The van der Waals surface area contributed by atoms with E-state index < -0.39 is 33.9 Å². The maximum Gasteiger partial charge on any atom is 0.573 e. The van der Waals surface area contributed by atoms with E-state index in [1.807, 2.05) is 13.8 Å². The van der Waals surface area contributed by atoms with Crippen molar-refractivity contribution in [3.63, 3.8) is 0 Å². The summed E-state index contributed by atoms with van der Waals surface area (Å²) >= 11 is 0. The molecular weight excluding hydrogens is 641 g/mol. The van der Waals surface area contributed by atoms with Gasteiger partial charge in [-0.2, -0.15) is 0 Å². The first kappa shape index (κ1) is 34.7. The van der Waals surface area contributed by atoms with Crippen molar-refractivity contribution in [2.45, 2.75) is 50.5 Å². The van der Waals surface area contributed by atoms with Crippen LogP contribution in [0.25, 0.3) is 11.3 Å². The van der Waals surface area contributed by atoms with Gasteiger partial charge in [-0.25, -0.2) is 13.4 Å². The largest absolute Gasteiger partial charge is 0.573 e. The molecule has 0 amide bonds. The molecule has 13 nitrogen and oxygen atoms in total. The standard InChI is InChI=1S/C30H33F3N8O5S/c1-17(2)39-28-29(43)41(16-26(42)37-14-18-3-5-19(6-4-18)27(35)36)25(15-38-28)20-11-21(34)13-22(12-20)40-47(44,45)24-9-7-23(8-10-24)46-30(31,32)33/h3-13,15,17,26,37,40,42H,14,16,34H2,1-2H3,(H3,35,36)(H,38,39). The number of alkyl halides is 3. The Morgan fingerprint density at radius 3 is 2.34 bits per heavy atom. The number of nitrogens with zero attached hydrogens (tertiary/aromatic N) is 2. The molecule has 9 N–H and O–H groups in total. The van der Waals surface area contributed by atoms with Crippen LogP contribution in [0.1, 0.15) is 25.0 Å². The van der Waals surface area contributed by atoms with Crippen LogP contribution < -0.4 is 37.1 Å². The lowest BCUT2D eigenvalue weighted by atomic mass is 10.1. The molecule has 4 rings (SSSR count). The molecular formula is C30H33F3N8O5S. The summed E-state index contributed by atoms with van der Waals surface area (Å²) in [5.41, 5.74) is 13.0. The van der Waals surface area contributed by atoms with Gasteiger partial charge < -0.3 is 26.6 Å². The topological polar surface area (TPSA) is 210 Å². The van der Waals surface area contributed by atoms with Crippen LogP contribution in [-0.2, 0) is 23.1 Å². The maximum atomic E-state index is 13.6. The van der Waals surface area contributed by atoms with Gasteiger partial charge in [0.25, 0.3) is 15.6 Å². The number of hydrogen-bond acceptors (Lipinski definition) is 10. The van der Waals surface area contributed by atoms with Gasteiger partial charge in [-0.05, 0) is 61.9 Å². The molecule has 0 aliphatic rings. The third-order valence-electron chi connectivity index (χ3n) is 6.51. The third kappa shape index (κ3) is 9.44. The molecule has 4 aromatic rings. The number of benzene rings is 3. The Morgan fingerprint density at radius 1 is 1.09 bits per heavy atom. The number of rotatable bonds is 13. The molecule has 1 unspecified atom stereocenters. The number of halogens is 3. The third-order valence-corrected chi connectivity index (χ3v) is 7.91. The van der Waals surface area contributed by atoms with Gasteiger partial charge in [0.2, 0.25) is 0 Å². The van der Waals surface area contributed by atoms with E-state index in [1.165, 1.54) is 29.0 Å². The fourth-order valence-corrected chi connectivity index (χ4v) is 5.48. The lowest BCUT2D eigenvalue weighted by molar-refractivity contribution is -0.274. The lowest BCUT2D eigenvalue weighted by Gasteiger charge is -2.20. The average Bonchev–Trinajstić information content (AvgIpc) is 2.97. The minimum Gasteiger partial charge on any atom is -0.406 e. The number of aromatic nitrogens is 2. The fourth-order valence-electron chi connectivity index (χ4n) is 4.44. The smallest absolute Gasteiger partial charge is 0.406 e. The number of hydrogen-bond donors (Lipinski definition) is 7. The number of sulfonamides is 1. The van der Waals surface area contributed by atoms with Crippen LogP contribution in [0.2, 0.25) is 0 Å². The molecule has 0 aliphatic carbocycles. The normalized spacial score (nSPS) is 12.5. The number of aliphatic hydroxyl groups is 1. The van der Waals surface area contributed by atoms with Gasteiger partial charge in [0.05, 0.1) is 29.0 Å². The summed E-state index contributed by atoms with van der Waals surface area (Å²) in [4.78, 5) is 17.5. The Morgan fingerprint density at radius 2 is 1.74 bits per heavy atom. The number of anilines is 3. The van der Waals surface area contributed by atoms with Crippen molar-refractivity contribution in [2.75, 3.05) is 15.8 Å². The Kier molecular flexibility index (Phi) is 10.4. The monoisotopic (exact) mass is 674 g/mol. The summed E-state index contributed by atoms with van der Waals surface area (Å²) in [6, 6.07) is 14.5. The van der Waals surface area contributed by atoms with Crippen molar-refractivity contribution in [3.8, 4) is 17.0 Å². The Labute approximate surface area is 268 Å². The lowest BCUT2D eigenvalue weighted by Crippen LogP contribution is -2.38. The number of aliphatic hydroxyl groups excluding tert-OH is 1. The highest BCUT2D eigenvalue weighted by molar-refractivity contribution is 7.92. The molecule has 0 spiro atoms. The van der Waals surface area contributed by atoms with E-state index in [0.29, 0.717) is 5.56 Å². The van der Waals surface area contributed by atoms with Crippen molar-refractivity contribution in [2.24, 2.45) is 5.73 Å². The van der Waals surface area contributed by atoms with E-state index in [9.17, 15) is 31.5 Å². The minimum absolute atomic E-state index is 0.00770. The van der Waals surface area contributed by atoms with Crippen LogP contribution in [0, 0.1) is 5.41 Å². The van der Waals surface area contributed by atoms with Gasteiger partial charge in [0.15, 0.2) is 5.82 Å². The summed E-state index contributed by atoms with van der Waals surface area (Å²) in [6.45, 7) is 3.62. The second kappa shape index (κ2) is 14.1. The number of amidine groups is 1. The molecule has 17 heteroatoms. The van der Waals surface area contributed by atoms with E-state index in [1.54, 1.807) is 24.3 Å². The first-order chi connectivity index (χ1) is 22.0. The molecule has 0 bridgehead atoms. The second-order valence-electron chi connectivity index (χ2n) is 10.7. The molecule has 0 aliphatic heterocycles. The average molecular weight is 675 g/mol. The number of ether oxygens (including phenoxy) is 1. The maximum absolute atomic E-state index is 13.6. The van der Waals surface area contributed by atoms with Crippen molar-refractivity contribution < 1.29 is 31.4 Å². The molecule has 0 radical (unpaired) electrons. The Balaban J connectivity index is 1.62. The number of nitrogens with one attached hydrogen (secondary N) is 4. The van der Waals surface area contributed by atoms with Crippen LogP contribution in [-0.4, -0.2) is 47.5 Å². The molecule has 1 atom stereocenters. The summed E-state index contributed by atoms with van der Waals surface area (Å²) in [5, 5.41) is 24.3. The molecule has 0 saturated heterocycles. The van der Waals surface area contributed by atoms with E-state index in [2.05, 4.69) is 25.1 Å². The minimum atomic E-state index is -4.94. The second-order valence-corrected chi connectivity index (χ2v) is 12.4. The number of nitrogen functional groups attached to an aromatic ring is 2. The van der Waals surface area contributed by atoms with Crippen molar-refractivity contribution in [1.29, 1.82) is 5.41 Å². The molecule has 0 fully saturated rings. The van der Waals surface area contributed by atoms with E-state index in [0.717, 1.165) is 29.8 Å². The predicted molar refractivity (Wildman–Crippen MR) is 171 cm³/mol. The van der Waals surface area contributed by atoms with E-state index >= 15 is 0 Å². The van der Waals surface area contributed by atoms with Crippen LogP contribution in [0.5, 0.6) is 5.75 Å². The zero-order valence-corrected chi connectivity index (χ0v) is 26.0. The highest BCUT2D eigenvalue weighted by Crippen LogP contribution is 2.29. The molecule has 1 heterocycles. The summed E-state index contributed by atoms with van der Waals surface area (Å²) in [5.74, 6) is -0.643. The van der Waals surface area contributed by atoms with Crippen LogP contribution >= 0.6 is 0 Å². The van der Waals surface area contributed by atoms with Gasteiger partial charge in [-0.1, -0.05) is 24.3 Å². The molecule has 1 aromatic heterocycles. The van der Waals surface area contributed by atoms with Crippen LogP contribution in [0.4, 0.5) is 30.4 Å². The number of nitrogens with two attached hydrogens (primary N) is 2. The SMILES string of the molecule is CC(C)Nc1ncc(-c2cc(N)cc(NS(=O)(=O)c3ccc(OC(F)(F)F)cc3)c2)n(CC(O)NCc2ccc(C(=N)N)cc2)c1=O. The van der Waals surface area contributed by atoms with Gasteiger partial charge in [-0.3, -0.25) is 24.8 Å². The van der Waals surface area contributed by atoms with E-state index in [-0.39, 0.29) is 58.3 Å². The Hall–Kier alpha value is -5.13. The quantitative estimate of drug-likeness (QED) is 0.0476. The van der Waals surface area contributed by atoms with Crippen molar-refractivity contribution >= 4 is 33.1 Å². The molecule has 3 aromatic carbocycles. The highest BCUT2D eigenvalue weighted by atomic mass is 32.2. The van der Waals surface area contributed by atoms with Gasteiger partial charge >= 0.3 is 6.36 Å². The van der Waals surface area contributed by atoms with Gasteiger partial charge in [0.1, 0.15) is 17.8 Å². The first-order valence-corrected chi connectivity index (χ1v) is 15.5. The predicted octanol–water partition coefficient (Wildman–Crippen LogP) is 3.40. The van der Waals surface area contributed by atoms with Crippen LogP contribution in [0.3, 0.4) is 0 Å². The van der Waals surface area contributed by atoms with E-state index in [4.69, 9.17) is 16.9 Å². The highest BCUT2D eigenvalue weighted by Gasteiger charge is 2.31. The fraction of sp³-hybridized carbons (Fsp3) is 0.233. The van der Waals surface area contributed by atoms with Gasteiger partial charge in [0, 0.05) is 29.4 Å². The summed E-state index contributed by atoms with van der Waals surface area (Å²) in [7, 11) is -4.29. The van der Waals surface area contributed by atoms with Crippen molar-refractivity contribution in [3.05, 3.63) is 94.4 Å². The van der Waals surface area contributed by atoms with Gasteiger partial charge in [-0.15, -0.1) is 13.2 Å². The van der Waals surface area contributed by atoms with Crippen molar-refractivity contribution in [1.82, 2.24) is 14.9 Å². The summed E-state index contributed by atoms with van der Waals surface area (Å²) in [6.07, 6.45) is -4.78. The zero-order chi connectivity index (χ0) is 34.5. The zero-order valence-electron chi connectivity index (χ0n) is 25.2. The first-order valence-electron chi connectivity index (χ1n) is 14.0. The molecule has 0 saturated carbocycles.